The van der Waals surface area contributed by atoms with Gasteiger partial charge in [0.15, 0.2) is 5.65 Å². The summed E-state index contributed by atoms with van der Waals surface area (Å²) >= 11 is 0. The fourth-order valence-corrected chi connectivity index (χ4v) is 3.25. The number of amides is 1. The molecule has 2 aromatic heterocycles. The Morgan fingerprint density at radius 1 is 1.32 bits per heavy atom. The molecule has 7 heteroatoms. The lowest BCUT2D eigenvalue weighted by molar-refractivity contribution is 0.0488. The van der Waals surface area contributed by atoms with Crippen molar-refractivity contribution >= 4 is 11.7 Å². The molecule has 2 N–H and O–H groups in total. The molecule has 0 bridgehead atoms. The molecule has 25 heavy (non-hydrogen) atoms. The lowest BCUT2D eigenvalue weighted by Gasteiger charge is -2.31. The molecule has 0 spiro atoms. The van der Waals surface area contributed by atoms with E-state index >= 15 is 0 Å². The van der Waals surface area contributed by atoms with Crippen LogP contribution in [0.2, 0.25) is 0 Å². The summed E-state index contributed by atoms with van der Waals surface area (Å²) in [6.45, 7) is 6.38. The van der Waals surface area contributed by atoms with Crippen LogP contribution in [0.3, 0.4) is 0 Å². The molecule has 0 aliphatic heterocycles. The SMILES string of the molecule is CC(C)(C)OC(=O)N[C@H]1CCC[C@@H](NCc2cnc3cnccn23)C1. The third kappa shape index (κ3) is 4.92. The Bertz CT molecular complexity index is 722. The Morgan fingerprint density at radius 3 is 2.92 bits per heavy atom. The number of rotatable bonds is 4. The van der Waals surface area contributed by atoms with Crippen LogP contribution < -0.4 is 10.6 Å². The first-order valence-electron chi connectivity index (χ1n) is 8.89. The summed E-state index contributed by atoms with van der Waals surface area (Å²) < 4.78 is 7.40. The fraction of sp³-hybridized carbons (Fsp3) is 0.611. The molecule has 1 fully saturated rings. The standard InChI is InChI=1S/C18H27N5O2/c1-18(2,3)25-17(24)22-14-6-4-5-13(9-14)20-10-15-11-21-16-12-19-7-8-23(15)16/h7-8,11-14,20H,4-6,9-10H2,1-3H3,(H,22,24)/t13-,14+/m1/s1. The molecule has 0 radical (unpaired) electrons. The van der Waals surface area contributed by atoms with Crippen LogP contribution in [0, 0.1) is 0 Å². The van der Waals surface area contributed by atoms with Gasteiger partial charge in [-0.1, -0.05) is 0 Å². The second-order valence-electron chi connectivity index (χ2n) is 7.64. The van der Waals surface area contributed by atoms with Crippen molar-refractivity contribution in [2.24, 2.45) is 0 Å². The van der Waals surface area contributed by atoms with Crippen LogP contribution in [0.4, 0.5) is 4.79 Å². The molecule has 1 saturated carbocycles. The van der Waals surface area contributed by atoms with Gasteiger partial charge in [0.1, 0.15) is 5.60 Å². The van der Waals surface area contributed by atoms with E-state index in [1.54, 1.807) is 12.4 Å². The molecule has 3 rings (SSSR count). The van der Waals surface area contributed by atoms with Gasteiger partial charge in [-0.15, -0.1) is 0 Å². The second kappa shape index (κ2) is 7.39. The van der Waals surface area contributed by atoms with Gasteiger partial charge in [-0.3, -0.25) is 9.38 Å². The van der Waals surface area contributed by atoms with Crippen LogP contribution >= 0.6 is 0 Å². The van der Waals surface area contributed by atoms with Crippen molar-refractivity contribution in [3.63, 3.8) is 0 Å². The van der Waals surface area contributed by atoms with Crippen molar-refractivity contribution in [1.29, 1.82) is 0 Å². The number of imidazole rings is 1. The number of alkyl carbamates (subject to hydrolysis) is 1. The molecular weight excluding hydrogens is 318 g/mol. The van der Waals surface area contributed by atoms with Crippen LogP contribution in [0.25, 0.3) is 5.65 Å². The highest BCUT2D eigenvalue weighted by molar-refractivity contribution is 5.68. The molecule has 136 valence electrons. The van der Waals surface area contributed by atoms with Gasteiger partial charge in [-0.25, -0.2) is 9.78 Å². The minimum absolute atomic E-state index is 0.160. The van der Waals surface area contributed by atoms with Crippen molar-refractivity contribution in [3.05, 3.63) is 30.5 Å². The van der Waals surface area contributed by atoms with Gasteiger partial charge < -0.3 is 15.4 Å². The molecule has 2 aromatic rings. The average molecular weight is 345 g/mol. The number of nitrogens with one attached hydrogen (secondary N) is 2. The predicted octanol–water partition coefficient (Wildman–Crippen LogP) is 2.65. The highest BCUT2D eigenvalue weighted by atomic mass is 16.6. The van der Waals surface area contributed by atoms with E-state index in [1.165, 1.54) is 0 Å². The largest absolute Gasteiger partial charge is 0.444 e. The number of ether oxygens (including phenoxy) is 1. The van der Waals surface area contributed by atoms with Crippen molar-refractivity contribution < 1.29 is 9.53 Å². The maximum atomic E-state index is 12.0. The van der Waals surface area contributed by atoms with Gasteiger partial charge in [-0.2, -0.15) is 0 Å². The fourth-order valence-electron chi connectivity index (χ4n) is 3.25. The Hall–Kier alpha value is -2.15. The highest BCUT2D eigenvalue weighted by Crippen LogP contribution is 2.20. The number of nitrogens with zero attached hydrogens (tertiary/aromatic N) is 3. The first kappa shape index (κ1) is 17.7. The molecule has 0 saturated heterocycles. The van der Waals surface area contributed by atoms with Gasteiger partial charge in [0, 0.05) is 31.0 Å². The van der Waals surface area contributed by atoms with Gasteiger partial charge in [0.25, 0.3) is 0 Å². The number of hydrogen-bond acceptors (Lipinski definition) is 5. The normalized spacial score (nSPS) is 21.2. The Kier molecular flexibility index (Phi) is 5.22. The van der Waals surface area contributed by atoms with E-state index in [1.807, 2.05) is 37.6 Å². The van der Waals surface area contributed by atoms with E-state index < -0.39 is 5.60 Å². The summed E-state index contributed by atoms with van der Waals surface area (Å²) in [5.41, 5.74) is 1.50. The minimum atomic E-state index is -0.464. The summed E-state index contributed by atoms with van der Waals surface area (Å²) in [5, 5.41) is 6.60. The highest BCUT2D eigenvalue weighted by Gasteiger charge is 2.25. The van der Waals surface area contributed by atoms with Gasteiger partial charge in [0.05, 0.1) is 18.1 Å². The van der Waals surface area contributed by atoms with Crippen molar-refractivity contribution in [2.75, 3.05) is 0 Å². The van der Waals surface area contributed by atoms with Crippen LogP contribution in [0.1, 0.15) is 52.1 Å². The topological polar surface area (TPSA) is 80.5 Å². The molecule has 7 nitrogen and oxygen atoms in total. The molecule has 1 aliphatic carbocycles. The summed E-state index contributed by atoms with van der Waals surface area (Å²) in [6.07, 6.45) is 11.1. The summed E-state index contributed by atoms with van der Waals surface area (Å²) in [6, 6.07) is 0.536. The van der Waals surface area contributed by atoms with Gasteiger partial charge >= 0.3 is 6.09 Å². The van der Waals surface area contributed by atoms with Gasteiger partial charge in [-0.05, 0) is 46.5 Å². The van der Waals surface area contributed by atoms with Crippen molar-refractivity contribution in [3.8, 4) is 0 Å². The quantitative estimate of drug-likeness (QED) is 0.890. The second-order valence-corrected chi connectivity index (χ2v) is 7.64. The Morgan fingerprint density at radius 2 is 2.12 bits per heavy atom. The first-order valence-corrected chi connectivity index (χ1v) is 8.89. The number of aromatic nitrogens is 3. The predicted molar refractivity (Wildman–Crippen MR) is 95.2 cm³/mol. The van der Waals surface area contributed by atoms with E-state index in [2.05, 4.69) is 20.6 Å². The maximum Gasteiger partial charge on any atom is 0.407 e. The van der Waals surface area contributed by atoms with Crippen LogP contribution in [-0.4, -0.2) is 38.1 Å². The van der Waals surface area contributed by atoms with Crippen molar-refractivity contribution in [2.45, 2.75) is 70.7 Å². The van der Waals surface area contributed by atoms with E-state index in [4.69, 9.17) is 4.74 Å². The zero-order chi connectivity index (χ0) is 17.9. The van der Waals surface area contributed by atoms with Crippen LogP contribution in [0.5, 0.6) is 0 Å². The van der Waals surface area contributed by atoms with Crippen molar-refractivity contribution in [1.82, 2.24) is 25.0 Å². The summed E-state index contributed by atoms with van der Waals surface area (Å²) in [4.78, 5) is 20.4. The Labute approximate surface area is 148 Å². The lowest BCUT2D eigenvalue weighted by atomic mass is 9.91. The zero-order valence-corrected chi connectivity index (χ0v) is 15.2. The lowest BCUT2D eigenvalue weighted by Crippen LogP contribution is -2.45. The smallest absolute Gasteiger partial charge is 0.407 e. The minimum Gasteiger partial charge on any atom is -0.444 e. The van der Waals surface area contributed by atoms with E-state index in [9.17, 15) is 4.79 Å². The zero-order valence-electron chi connectivity index (χ0n) is 15.2. The maximum absolute atomic E-state index is 12.0. The molecule has 2 atom stereocenters. The van der Waals surface area contributed by atoms with E-state index in [-0.39, 0.29) is 12.1 Å². The Balaban J connectivity index is 1.51. The van der Waals surface area contributed by atoms with Crippen LogP contribution in [-0.2, 0) is 11.3 Å². The molecule has 2 heterocycles. The monoisotopic (exact) mass is 345 g/mol. The number of fused-ring (bicyclic) bond motifs is 1. The third-order valence-electron chi connectivity index (χ3n) is 4.36. The molecular formula is C18H27N5O2. The van der Waals surface area contributed by atoms with E-state index in [0.717, 1.165) is 43.6 Å². The first-order chi connectivity index (χ1) is 11.9. The average Bonchev–Trinajstić information content (AvgIpc) is 2.94. The third-order valence-corrected chi connectivity index (χ3v) is 4.36. The summed E-state index contributed by atoms with van der Waals surface area (Å²) in [5.74, 6) is 0. The molecule has 1 amide bonds. The molecule has 0 aromatic carbocycles. The van der Waals surface area contributed by atoms with E-state index in [0.29, 0.717) is 6.04 Å². The number of hydrogen-bond donors (Lipinski definition) is 2. The van der Waals surface area contributed by atoms with Crippen LogP contribution in [0.15, 0.2) is 24.8 Å². The summed E-state index contributed by atoms with van der Waals surface area (Å²) in [7, 11) is 0. The van der Waals surface area contributed by atoms with Gasteiger partial charge in [0.2, 0.25) is 0 Å². The molecule has 1 aliphatic rings. The molecule has 0 unspecified atom stereocenters. The number of carbonyl (C=O) groups is 1. The number of carbonyl (C=O) groups excluding carboxylic acids is 1.